The highest BCUT2D eigenvalue weighted by molar-refractivity contribution is 5.98. The molecule has 0 bridgehead atoms. The first-order valence-corrected chi connectivity index (χ1v) is 9.65. The standard InChI is InChI=1S/C21H24N4O3/c26-20(24-10-8-23(9-11-24)18-4-2-1-3-5-18)17-6-7-22-19(16-17)21(27)25-12-14-28-15-13-25/h1-7,16H,8-15H2. The van der Waals surface area contributed by atoms with Crippen LogP contribution in [0, 0.1) is 0 Å². The Bertz CT molecular complexity index is 829. The predicted octanol–water partition coefficient (Wildman–Crippen LogP) is 1.52. The zero-order valence-electron chi connectivity index (χ0n) is 15.8. The molecule has 0 radical (unpaired) electrons. The second-order valence-corrected chi connectivity index (χ2v) is 6.95. The van der Waals surface area contributed by atoms with Crippen molar-refractivity contribution in [1.82, 2.24) is 14.8 Å². The fourth-order valence-electron chi connectivity index (χ4n) is 3.60. The van der Waals surface area contributed by atoms with Crippen LogP contribution in [0.1, 0.15) is 20.8 Å². The van der Waals surface area contributed by atoms with E-state index in [2.05, 4.69) is 22.0 Å². The van der Waals surface area contributed by atoms with Gasteiger partial charge in [0.25, 0.3) is 11.8 Å². The van der Waals surface area contributed by atoms with E-state index in [0.717, 1.165) is 13.1 Å². The Kier molecular flexibility index (Phi) is 5.53. The molecule has 0 spiro atoms. The first kappa shape index (κ1) is 18.4. The number of rotatable bonds is 3. The molecular formula is C21H24N4O3. The molecule has 0 N–H and O–H groups in total. The van der Waals surface area contributed by atoms with Crippen LogP contribution >= 0.6 is 0 Å². The molecule has 7 heteroatoms. The van der Waals surface area contributed by atoms with Crippen molar-refractivity contribution < 1.29 is 14.3 Å². The molecule has 2 fully saturated rings. The van der Waals surface area contributed by atoms with Crippen LogP contribution in [-0.2, 0) is 4.74 Å². The van der Waals surface area contributed by atoms with Gasteiger partial charge in [0.15, 0.2) is 0 Å². The Labute approximate surface area is 164 Å². The van der Waals surface area contributed by atoms with E-state index in [-0.39, 0.29) is 11.8 Å². The second-order valence-electron chi connectivity index (χ2n) is 6.95. The van der Waals surface area contributed by atoms with Gasteiger partial charge in [0, 0.05) is 56.7 Å². The molecule has 0 atom stereocenters. The summed E-state index contributed by atoms with van der Waals surface area (Å²) in [6, 6.07) is 13.5. The lowest BCUT2D eigenvalue weighted by Gasteiger charge is -2.36. The van der Waals surface area contributed by atoms with Crippen LogP contribution in [-0.4, -0.2) is 79.1 Å². The molecule has 1 aromatic heterocycles. The van der Waals surface area contributed by atoms with Gasteiger partial charge in [0.2, 0.25) is 0 Å². The van der Waals surface area contributed by atoms with Crippen molar-refractivity contribution in [3.05, 3.63) is 59.9 Å². The quantitative estimate of drug-likeness (QED) is 0.808. The highest BCUT2D eigenvalue weighted by Crippen LogP contribution is 2.17. The van der Waals surface area contributed by atoms with Gasteiger partial charge in [0.1, 0.15) is 5.69 Å². The number of amides is 2. The molecule has 146 valence electrons. The van der Waals surface area contributed by atoms with E-state index in [9.17, 15) is 9.59 Å². The fraction of sp³-hybridized carbons (Fsp3) is 0.381. The summed E-state index contributed by atoms with van der Waals surface area (Å²) >= 11 is 0. The van der Waals surface area contributed by atoms with Crippen LogP contribution in [0.15, 0.2) is 48.7 Å². The minimum Gasteiger partial charge on any atom is -0.378 e. The van der Waals surface area contributed by atoms with E-state index in [0.29, 0.717) is 50.7 Å². The summed E-state index contributed by atoms with van der Waals surface area (Å²) in [7, 11) is 0. The molecule has 2 aromatic rings. The lowest BCUT2D eigenvalue weighted by Crippen LogP contribution is -2.48. The number of hydrogen-bond donors (Lipinski definition) is 0. The summed E-state index contributed by atoms with van der Waals surface area (Å²) in [4.78, 5) is 35.6. The molecule has 3 heterocycles. The fourth-order valence-corrected chi connectivity index (χ4v) is 3.60. The molecule has 28 heavy (non-hydrogen) atoms. The zero-order chi connectivity index (χ0) is 19.3. The summed E-state index contributed by atoms with van der Waals surface area (Å²) in [6.45, 7) is 5.08. The minimum atomic E-state index is -0.146. The third-order valence-electron chi connectivity index (χ3n) is 5.21. The van der Waals surface area contributed by atoms with E-state index in [1.165, 1.54) is 5.69 Å². The average molecular weight is 380 g/mol. The Balaban J connectivity index is 1.40. The highest BCUT2D eigenvalue weighted by atomic mass is 16.5. The van der Waals surface area contributed by atoms with Crippen molar-refractivity contribution in [2.45, 2.75) is 0 Å². The maximum Gasteiger partial charge on any atom is 0.272 e. The molecule has 0 saturated carbocycles. The first-order valence-electron chi connectivity index (χ1n) is 9.65. The summed E-state index contributed by atoms with van der Waals surface area (Å²) in [5.41, 5.74) is 2.01. The second kappa shape index (κ2) is 8.39. The summed E-state index contributed by atoms with van der Waals surface area (Å²) in [6.07, 6.45) is 1.54. The van der Waals surface area contributed by atoms with Gasteiger partial charge in [-0.1, -0.05) is 18.2 Å². The van der Waals surface area contributed by atoms with E-state index in [4.69, 9.17) is 4.74 Å². The molecule has 0 aliphatic carbocycles. The number of para-hydroxylation sites is 1. The topological polar surface area (TPSA) is 66.0 Å². The van der Waals surface area contributed by atoms with Gasteiger partial charge in [-0.15, -0.1) is 0 Å². The van der Waals surface area contributed by atoms with Crippen molar-refractivity contribution in [3.8, 4) is 0 Å². The van der Waals surface area contributed by atoms with Gasteiger partial charge in [-0.25, -0.2) is 0 Å². The lowest BCUT2D eigenvalue weighted by atomic mass is 10.1. The molecule has 2 aliphatic rings. The van der Waals surface area contributed by atoms with Crippen molar-refractivity contribution in [3.63, 3.8) is 0 Å². The number of morpholine rings is 1. The lowest BCUT2D eigenvalue weighted by molar-refractivity contribution is 0.0299. The largest absolute Gasteiger partial charge is 0.378 e. The number of pyridine rings is 1. The van der Waals surface area contributed by atoms with Crippen molar-refractivity contribution in [2.75, 3.05) is 57.4 Å². The third-order valence-corrected chi connectivity index (χ3v) is 5.21. The molecular weight excluding hydrogens is 356 g/mol. The van der Waals surface area contributed by atoms with Crippen LogP contribution in [0.25, 0.3) is 0 Å². The maximum absolute atomic E-state index is 12.9. The minimum absolute atomic E-state index is 0.0499. The number of aromatic nitrogens is 1. The van der Waals surface area contributed by atoms with E-state index >= 15 is 0 Å². The Morgan fingerprint density at radius 1 is 0.821 bits per heavy atom. The average Bonchev–Trinajstić information content (AvgIpc) is 2.79. The predicted molar refractivity (Wildman–Crippen MR) is 106 cm³/mol. The summed E-state index contributed by atoms with van der Waals surface area (Å²) < 4.78 is 5.29. The molecule has 0 unspecified atom stereocenters. The normalized spacial score (nSPS) is 17.5. The number of anilines is 1. The summed E-state index contributed by atoms with van der Waals surface area (Å²) in [5, 5.41) is 0. The molecule has 2 amide bonds. The van der Waals surface area contributed by atoms with E-state index in [1.807, 2.05) is 23.1 Å². The Hall–Kier alpha value is -2.93. The molecule has 2 aliphatic heterocycles. The van der Waals surface area contributed by atoms with Crippen molar-refractivity contribution in [2.24, 2.45) is 0 Å². The van der Waals surface area contributed by atoms with E-state index in [1.54, 1.807) is 23.2 Å². The molecule has 4 rings (SSSR count). The SMILES string of the molecule is O=C(c1ccnc(C(=O)N2CCOCC2)c1)N1CCN(c2ccccc2)CC1. The van der Waals surface area contributed by atoms with Crippen LogP contribution in [0.4, 0.5) is 5.69 Å². The van der Waals surface area contributed by atoms with E-state index < -0.39 is 0 Å². The van der Waals surface area contributed by atoms with Crippen LogP contribution in [0.3, 0.4) is 0 Å². The number of hydrogen-bond acceptors (Lipinski definition) is 5. The highest BCUT2D eigenvalue weighted by Gasteiger charge is 2.24. The van der Waals surface area contributed by atoms with Crippen molar-refractivity contribution in [1.29, 1.82) is 0 Å². The van der Waals surface area contributed by atoms with Gasteiger partial charge in [-0.05, 0) is 24.3 Å². The molecule has 1 aromatic carbocycles. The van der Waals surface area contributed by atoms with Gasteiger partial charge in [-0.3, -0.25) is 14.6 Å². The Morgan fingerprint density at radius 3 is 2.21 bits per heavy atom. The number of ether oxygens (including phenoxy) is 1. The van der Waals surface area contributed by atoms with Crippen LogP contribution in [0.2, 0.25) is 0 Å². The number of carbonyl (C=O) groups is 2. The zero-order valence-corrected chi connectivity index (χ0v) is 15.8. The van der Waals surface area contributed by atoms with Gasteiger partial charge in [-0.2, -0.15) is 0 Å². The third kappa shape index (κ3) is 3.99. The maximum atomic E-state index is 12.9. The first-order chi connectivity index (χ1) is 13.7. The Morgan fingerprint density at radius 2 is 1.50 bits per heavy atom. The molecule has 7 nitrogen and oxygen atoms in total. The molecule has 2 saturated heterocycles. The van der Waals surface area contributed by atoms with Gasteiger partial charge < -0.3 is 19.4 Å². The monoisotopic (exact) mass is 380 g/mol. The van der Waals surface area contributed by atoms with Gasteiger partial charge >= 0.3 is 0 Å². The smallest absolute Gasteiger partial charge is 0.272 e. The van der Waals surface area contributed by atoms with Crippen LogP contribution < -0.4 is 4.90 Å². The number of benzene rings is 1. The van der Waals surface area contributed by atoms with Gasteiger partial charge in [0.05, 0.1) is 13.2 Å². The number of nitrogens with zero attached hydrogens (tertiary/aromatic N) is 4. The van der Waals surface area contributed by atoms with Crippen LogP contribution in [0.5, 0.6) is 0 Å². The summed E-state index contributed by atoms with van der Waals surface area (Å²) in [5.74, 6) is -0.196. The number of piperazine rings is 1. The van der Waals surface area contributed by atoms with Crippen molar-refractivity contribution >= 4 is 17.5 Å². The number of carbonyl (C=O) groups excluding carboxylic acids is 2.